The Kier molecular flexibility index (Phi) is 2.38. The maximum Gasteiger partial charge on any atom is 0.311 e. The highest BCUT2D eigenvalue weighted by atomic mass is 16.4. The molecule has 0 atom stereocenters. The van der Waals surface area contributed by atoms with Gasteiger partial charge in [-0.3, -0.25) is 4.79 Å². The third-order valence-corrected chi connectivity index (χ3v) is 1.34. The van der Waals surface area contributed by atoms with Gasteiger partial charge in [-0.05, 0) is 19.9 Å². The minimum atomic E-state index is -0.903. The van der Waals surface area contributed by atoms with Gasteiger partial charge in [0, 0.05) is 11.4 Å². The fourth-order valence-corrected chi connectivity index (χ4v) is 1.01. The summed E-state index contributed by atoms with van der Waals surface area (Å²) in [6.07, 6.45) is -0.109. The molecule has 0 spiro atoms. The SMILES string of the molecule is Cc1cc(C)nc(CC(=O)O)n1. The number of carbonyl (C=O) groups is 1. The molecule has 0 aromatic carbocycles. The van der Waals surface area contributed by atoms with Crippen molar-refractivity contribution in [1.82, 2.24) is 9.97 Å². The van der Waals surface area contributed by atoms with Crippen molar-refractivity contribution in [2.24, 2.45) is 0 Å². The van der Waals surface area contributed by atoms with E-state index in [4.69, 9.17) is 5.11 Å². The standard InChI is InChI=1S/C8H10N2O2/c1-5-3-6(2)10-7(9-5)4-8(11)12/h3H,4H2,1-2H3,(H,11,12). The Morgan fingerprint density at radius 1 is 1.42 bits per heavy atom. The first kappa shape index (κ1) is 8.64. The first-order valence-electron chi connectivity index (χ1n) is 3.61. The van der Waals surface area contributed by atoms with Gasteiger partial charge in [0.2, 0.25) is 0 Å². The molecule has 0 saturated carbocycles. The molecule has 0 fully saturated rings. The van der Waals surface area contributed by atoms with E-state index < -0.39 is 5.97 Å². The zero-order valence-corrected chi connectivity index (χ0v) is 7.03. The van der Waals surface area contributed by atoms with Gasteiger partial charge in [0.05, 0.1) is 0 Å². The van der Waals surface area contributed by atoms with Crippen LogP contribution < -0.4 is 0 Å². The van der Waals surface area contributed by atoms with Crippen LogP contribution in [0.2, 0.25) is 0 Å². The molecular formula is C8H10N2O2. The van der Waals surface area contributed by atoms with Crippen molar-refractivity contribution in [2.75, 3.05) is 0 Å². The minimum Gasteiger partial charge on any atom is -0.481 e. The van der Waals surface area contributed by atoms with E-state index in [0.717, 1.165) is 11.4 Å². The summed E-state index contributed by atoms with van der Waals surface area (Å²) in [6, 6.07) is 1.81. The Bertz CT molecular complexity index is 290. The van der Waals surface area contributed by atoms with Crippen molar-refractivity contribution in [3.63, 3.8) is 0 Å². The van der Waals surface area contributed by atoms with E-state index in [2.05, 4.69) is 9.97 Å². The molecule has 0 aliphatic carbocycles. The van der Waals surface area contributed by atoms with Gasteiger partial charge in [-0.15, -0.1) is 0 Å². The molecule has 1 aromatic rings. The average molecular weight is 166 g/mol. The summed E-state index contributed by atoms with van der Waals surface area (Å²) in [5.74, 6) is -0.528. The van der Waals surface area contributed by atoms with Crippen LogP contribution in [0.25, 0.3) is 0 Å². The summed E-state index contributed by atoms with van der Waals surface area (Å²) in [7, 11) is 0. The molecule has 0 unspecified atom stereocenters. The van der Waals surface area contributed by atoms with E-state index in [1.54, 1.807) is 0 Å². The second kappa shape index (κ2) is 3.30. The van der Waals surface area contributed by atoms with Gasteiger partial charge in [-0.25, -0.2) is 9.97 Å². The Morgan fingerprint density at radius 2 is 1.92 bits per heavy atom. The summed E-state index contributed by atoms with van der Waals surface area (Å²) in [4.78, 5) is 18.3. The lowest BCUT2D eigenvalue weighted by Gasteiger charge is -1.99. The summed E-state index contributed by atoms with van der Waals surface area (Å²) in [5.41, 5.74) is 1.61. The van der Waals surface area contributed by atoms with Gasteiger partial charge in [0.15, 0.2) is 0 Å². The van der Waals surface area contributed by atoms with Crippen LogP contribution in [0, 0.1) is 13.8 Å². The highest BCUT2D eigenvalue weighted by Gasteiger charge is 2.03. The molecule has 0 aliphatic heterocycles. The van der Waals surface area contributed by atoms with Gasteiger partial charge in [0.25, 0.3) is 0 Å². The summed E-state index contributed by atoms with van der Waals surface area (Å²) in [6.45, 7) is 3.64. The zero-order chi connectivity index (χ0) is 9.14. The Balaban J connectivity index is 2.93. The largest absolute Gasteiger partial charge is 0.481 e. The molecular weight excluding hydrogens is 156 g/mol. The van der Waals surface area contributed by atoms with Crippen LogP contribution in [-0.4, -0.2) is 21.0 Å². The fourth-order valence-electron chi connectivity index (χ4n) is 1.01. The maximum absolute atomic E-state index is 10.3. The lowest BCUT2D eigenvalue weighted by Crippen LogP contribution is -2.06. The number of aliphatic carboxylic acids is 1. The predicted molar refractivity (Wildman–Crippen MR) is 42.8 cm³/mol. The number of carboxylic acids is 1. The predicted octanol–water partition coefficient (Wildman–Crippen LogP) is 0.721. The van der Waals surface area contributed by atoms with Crippen LogP contribution in [-0.2, 0) is 11.2 Å². The van der Waals surface area contributed by atoms with Crippen molar-refractivity contribution in [1.29, 1.82) is 0 Å². The monoisotopic (exact) mass is 166 g/mol. The number of aromatic nitrogens is 2. The van der Waals surface area contributed by atoms with Gasteiger partial charge in [-0.1, -0.05) is 0 Å². The molecule has 1 rings (SSSR count). The van der Waals surface area contributed by atoms with Crippen LogP contribution in [0.3, 0.4) is 0 Å². The summed E-state index contributed by atoms with van der Waals surface area (Å²) in [5, 5.41) is 8.47. The van der Waals surface area contributed by atoms with Crippen molar-refractivity contribution in [3.05, 3.63) is 23.3 Å². The maximum atomic E-state index is 10.3. The van der Waals surface area contributed by atoms with Crippen molar-refractivity contribution < 1.29 is 9.90 Å². The molecule has 1 aromatic heterocycles. The number of rotatable bonds is 2. The molecule has 1 heterocycles. The Morgan fingerprint density at radius 3 is 2.33 bits per heavy atom. The fraction of sp³-hybridized carbons (Fsp3) is 0.375. The molecule has 4 heteroatoms. The molecule has 0 aliphatic rings. The van der Waals surface area contributed by atoms with Crippen LogP contribution in [0.1, 0.15) is 17.2 Å². The number of carboxylic acid groups (broad SMARTS) is 1. The smallest absolute Gasteiger partial charge is 0.311 e. The Labute approximate surface area is 70.3 Å². The minimum absolute atomic E-state index is 0.109. The van der Waals surface area contributed by atoms with Crippen LogP contribution in [0.5, 0.6) is 0 Å². The van der Waals surface area contributed by atoms with Gasteiger partial charge in [-0.2, -0.15) is 0 Å². The summed E-state index contributed by atoms with van der Waals surface area (Å²) < 4.78 is 0. The molecule has 64 valence electrons. The first-order chi connectivity index (χ1) is 5.58. The molecule has 4 nitrogen and oxygen atoms in total. The normalized spacial score (nSPS) is 9.83. The second-order valence-electron chi connectivity index (χ2n) is 2.64. The van der Waals surface area contributed by atoms with Crippen molar-refractivity contribution >= 4 is 5.97 Å². The third kappa shape index (κ3) is 2.30. The summed E-state index contributed by atoms with van der Waals surface area (Å²) >= 11 is 0. The number of hydrogen-bond acceptors (Lipinski definition) is 3. The van der Waals surface area contributed by atoms with E-state index in [1.165, 1.54) is 0 Å². The molecule has 1 N–H and O–H groups in total. The van der Waals surface area contributed by atoms with E-state index in [9.17, 15) is 4.79 Å². The highest BCUT2D eigenvalue weighted by molar-refractivity contribution is 5.68. The van der Waals surface area contributed by atoms with Gasteiger partial charge in [0.1, 0.15) is 12.2 Å². The molecule has 0 amide bonds. The molecule has 0 saturated heterocycles. The van der Waals surface area contributed by atoms with E-state index in [-0.39, 0.29) is 6.42 Å². The van der Waals surface area contributed by atoms with E-state index >= 15 is 0 Å². The van der Waals surface area contributed by atoms with Crippen LogP contribution in [0.15, 0.2) is 6.07 Å². The lowest BCUT2D eigenvalue weighted by molar-refractivity contribution is -0.136. The van der Waals surface area contributed by atoms with Crippen LogP contribution >= 0.6 is 0 Å². The number of hydrogen-bond donors (Lipinski definition) is 1. The molecule has 0 bridgehead atoms. The lowest BCUT2D eigenvalue weighted by atomic mass is 10.3. The molecule has 0 radical (unpaired) electrons. The second-order valence-corrected chi connectivity index (χ2v) is 2.64. The van der Waals surface area contributed by atoms with Crippen molar-refractivity contribution in [2.45, 2.75) is 20.3 Å². The van der Waals surface area contributed by atoms with Gasteiger partial charge < -0.3 is 5.11 Å². The van der Waals surface area contributed by atoms with E-state index in [0.29, 0.717) is 5.82 Å². The highest BCUT2D eigenvalue weighted by Crippen LogP contribution is 1.99. The molecule has 12 heavy (non-hydrogen) atoms. The quantitative estimate of drug-likeness (QED) is 0.703. The zero-order valence-electron chi connectivity index (χ0n) is 7.03. The number of aryl methyl sites for hydroxylation is 2. The van der Waals surface area contributed by atoms with Crippen LogP contribution in [0.4, 0.5) is 0 Å². The number of nitrogens with zero attached hydrogens (tertiary/aromatic N) is 2. The Hall–Kier alpha value is -1.45. The van der Waals surface area contributed by atoms with E-state index in [1.807, 2.05) is 19.9 Å². The first-order valence-corrected chi connectivity index (χ1v) is 3.61. The van der Waals surface area contributed by atoms with Gasteiger partial charge >= 0.3 is 5.97 Å². The van der Waals surface area contributed by atoms with Crippen molar-refractivity contribution in [3.8, 4) is 0 Å². The average Bonchev–Trinajstić information content (AvgIpc) is 1.81. The third-order valence-electron chi connectivity index (χ3n) is 1.34. The topological polar surface area (TPSA) is 63.1 Å².